The van der Waals surface area contributed by atoms with Crippen LogP contribution in [0.25, 0.3) is 0 Å². The van der Waals surface area contributed by atoms with Crippen LogP contribution in [0.3, 0.4) is 0 Å². The van der Waals surface area contributed by atoms with Gasteiger partial charge >= 0.3 is 5.97 Å². The highest BCUT2D eigenvalue weighted by Gasteiger charge is 2.12. The van der Waals surface area contributed by atoms with Gasteiger partial charge in [-0.05, 0) is 30.3 Å². The first kappa shape index (κ1) is 20.2. The Hall–Kier alpha value is -2.16. The summed E-state index contributed by atoms with van der Waals surface area (Å²) in [5.74, 6) is -1.73. The smallest absolute Gasteiger partial charge is 0.325 e. The molecule has 2 aromatic rings. The van der Waals surface area contributed by atoms with Crippen molar-refractivity contribution in [2.75, 3.05) is 18.5 Å². The Balaban J connectivity index is 1.74. The van der Waals surface area contributed by atoms with Crippen molar-refractivity contribution in [2.24, 2.45) is 0 Å². The monoisotopic (exact) mass is 459 g/mol. The Morgan fingerprint density at radius 1 is 1.15 bits per heavy atom. The summed E-state index contributed by atoms with van der Waals surface area (Å²) in [5.41, 5.74) is 0.391. The third-order valence-corrected chi connectivity index (χ3v) is 3.95. The number of pyridine rings is 1. The van der Waals surface area contributed by atoms with Crippen LogP contribution in [0, 0.1) is 0 Å². The van der Waals surface area contributed by atoms with Gasteiger partial charge in [0.25, 0.3) is 11.8 Å². The molecule has 0 atom stereocenters. The van der Waals surface area contributed by atoms with E-state index >= 15 is 0 Å². The van der Waals surface area contributed by atoms with Crippen LogP contribution in [-0.2, 0) is 14.3 Å². The quantitative estimate of drug-likeness (QED) is 0.645. The van der Waals surface area contributed by atoms with Crippen molar-refractivity contribution in [2.45, 2.75) is 0 Å². The Labute approximate surface area is 167 Å². The number of hydrogen-bond donors (Lipinski definition) is 2. The molecule has 7 nitrogen and oxygen atoms in total. The molecular weight excluding hydrogens is 449 g/mol. The lowest BCUT2D eigenvalue weighted by atomic mass is 10.2. The van der Waals surface area contributed by atoms with Gasteiger partial charge in [0.2, 0.25) is 0 Å². The molecule has 0 aliphatic carbocycles. The SMILES string of the molecule is O=C(COC(=O)CNC(=O)c1ccc(Br)cc1)Nc1ncc(Cl)cc1Cl. The number of carbonyl (C=O) groups excluding carboxylic acids is 3. The van der Waals surface area contributed by atoms with Crippen molar-refractivity contribution >= 4 is 62.7 Å². The summed E-state index contributed by atoms with van der Waals surface area (Å²) in [7, 11) is 0. The molecule has 0 saturated heterocycles. The molecule has 0 aliphatic rings. The van der Waals surface area contributed by atoms with Crippen LogP contribution >= 0.6 is 39.1 Å². The number of ether oxygens (including phenoxy) is 1. The van der Waals surface area contributed by atoms with Gasteiger partial charge in [0.05, 0.1) is 10.0 Å². The fourth-order valence-electron chi connectivity index (χ4n) is 1.73. The lowest BCUT2D eigenvalue weighted by Gasteiger charge is -2.08. The van der Waals surface area contributed by atoms with Crippen LogP contribution in [0.1, 0.15) is 10.4 Å². The number of benzene rings is 1. The minimum absolute atomic E-state index is 0.0978. The average Bonchev–Trinajstić information content (AvgIpc) is 2.61. The Kier molecular flexibility index (Phi) is 7.38. The van der Waals surface area contributed by atoms with Gasteiger partial charge in [-0.25, -0.2) is 4.98 Å². The number of amides is 2. The molecule has 0 saturated carbocycles. The molecule has 0 unspecified atom stereocenters. The lowest BCUT2D eigenvalue weighted by molar-refractivity contribution is -0.146. The van der Waals surface area contributed by atoms with E-state index in [1.54, 1.807) is 24.3 Å². The maximum Gasteiger partial charge on any atom is 0.325 e. The molecule has 1 aromatic carbocycles. The largest absolute Gasteiger partial charge is 0.454 e. The van der Waals surface area contributed by atoms with Crippen molar-refractivity contribution < 1.29 is 19.1 Å². The lowest BCUT2D eigenvalue weighted by Crippen LogP contribution is -2.32. The number of rotatable bonds is 6. The van der Waals surface area contributed by atoms with E-state index in [9.17, 15) is 14.4 Å². The van der Waals surface area contributed by atoms with E-state index in [0.29, 0.717) is 10.6 Å². The van der Waals surface area contributed by atoms with Gasteiger partial charge in [-0.2, -0.15) is 0 Å². The molecule has 0 radical (unpaired) electrons. The van der Waals surface area contributed by atoms with Crippen molar-refractivity contribution in [1.82, 2.24) is 10.3 Å². The summed E-state index contributed by atoms with van der Waals surface area (Å²) in [6, 6.07) is 8.01. The maximum absolute atomic E-state index is 11.9. The number of carbonyl (C=O) groups is 3. The molecule has 136 valence electrons. The molecule has 2 N–H and O–H groups in total. The first-order valence-corrected chi connectivity index (χ1v) is 8.70. The van der Waals surface area contributed by atoms with E-state index in [2.05, 4.69) is 31.5 Å². The first-order chi connectivity index (χ1) is 12.3. The zero-order chi connectivity index (χ0) is 19.1. The summed E-state index contributed by atoms with van der Waals surface area (Å²) < 4.78 is 5.60. The topological polar surface area (TPSA) is 97.4 Å². The molecule has 1 aromatic heterocycles. The molecule has 2 rings (SSSR count). The Bertz CT molecular complexity index is 831. The van der Waals surface area contributed by atoms with Crippen LogP contribution in [0.2, 0.25) is 10.0 Å². The normalized spacial score (nSPS) is 10.1. The number of nitrogens with zero attached hydrogens (tertiary/aromatic N) is 1. The van der Waals surface area contributed by atoms with Crippen molar-refractivity contribution in [1.29, 1.82) is 0 Å². The summed E-state index contributed by atoms with van der Waals surface area (Å²) in [4.78, 5) is 39.1. The van der Waals surface area contributed by atoms with E-state index in [-0.39, 0.29) is 17.4 Å². The zero-order valence-corrected chi connectivity index (χ0v) is 16.2. The fraction of sp³-hybridized carbons (Fsp3) is 0.125. The number of anilines is 1. The summed E-state index contributed by atoms with van der Waals surface area (Å²) in [6.45, 7) is -0.921. The summed E-state index contributed by atoms with van der Waals surface area (Å²) in [5, 5.41) is 5.25. The molecule has 0 fully saturated rings. The van der Waals surface area contributed by atoms with E-state index in [0.717, 1.165) is 4.47 Å². The van der Waals surface area contributed by atoms with E-state index in [4.69, 9.17) is 27.9 Å². The molecule has 26 heavy (non-hydrogen) atoms. The minimum atomic E-state index is -0.763. The minimum Gasteiger partial charge on any atom is -0.454 e. The highest BCUT2D eigenvalue weighted by Crippen LogP contribution is 2.22. The van der Waals surface area contributed by atoms with Gasteiger partial charge < -0.3 is 15.4 Å². The second-order valence-corrected chi connectivity index (χ2v) is 6.64. The van der Waals surface area contributed by atoms with E-state index in [1.807, 2.05) is 0 Å². The summed E-state index contributed by atoms with van der Waals surface area (Å²) >= 11 is 14.8. The van der Waals surface area contributed by atoms with Crippen molar-refractivity contribution in [3.05, 3.63) is 56.6 Å². The molecular formula is C16H12BrCl2N3O4. The molecule has 1 heterocycles. The van der Waals surface area contributed by atoms with Gasteiger partial charge in [-0.15, -0.1) is 0 Å². The Morgan fingerprint density at radius 2 is 1.85 bits per heavy atom. The molecule has 2 amide bonds. The van der Waals surface area contributed by atoms with Crippen LogP contribution in [0.15, 0.2) is 41.0 Å². The van der Waals surface area contributed by atoms with E-state index in [1.165, 1.54) is 12.3 Å². The van der Waals surface area contributed by atoms with Crippen LogP contribution < -0.4 is 10.6 Å². The third-order valence-electron chi connectivity index (χ3n) is 2.93. The number of nitrogens with one attached hydrogen (secondary N) is 2. The highest BCUT2D eigenvalue weighted by atomic mass is 79.9. The van der Waals surface area contributed by atoms with Crippen LogP contribution in [0.4, 0.5) is 5.82 Å². The number of hydrogen-bond acceptors (Lipinski definition) is 5. The van der Waals surface area contributed by atoms with Gasteiger partial charge in [0, 0.05) is 16.2 Å². The highest BCUT2D eigenvalue weighted by molar-refractivity contribution is 9.10. The molecule has 0 spiro atoms. The van der Waals surface area contributed by atoms with E-state index < -0.39 is 24.4 Å². The van der Waals surface area contributed by atoms with Crippen LogP contribution in [-0.4, -0.2) is 35.9 Å². The molecule has 0 aliphatic heterocycles. The number of esters is 1. The van der Waals surface area contributed by atoms with Gasteiger partial charge in [-0.1, -0.05) is 39.1 Å². The number of halogens is 3. The maximum atomic E-state index is 11.9. The Morgan fingerprint density at radius 3 is 2.50 bits per heavy atom. The van der Waals surface area contributed by atoms with Gasteiger partial charge in [0.1, 0.15) is 6.54 Å². The fourth-order valence-corrected chi connectivity index (χ4v) is 2.42. The molecule has 0 bridgehead atoms. The number of aromatic nitrogens is 1. The van der Waals surface area contributed by atoms with Gasteiger partial charge in [-0.3, -0.25) is 14.4 Å². The first-order valence-electron chi connectivity index (χ1n) is 7.15. The van der Waals surface area contributed by atoms with Crippen LogP contribution in [0.5, 0.6) is 0 Å². The average molecular weight is 461 g/mol. The van der Waals surface area contributed by atoms with Crippen molar-refractivity contribution in [3.63, 3.8) is 0 Å². The van der Waals surface area contributed by atoms with Gasteiger partial charge in [0.15, 0.2) is 12.4 Å². The molecule has 10 heteroatoms. The van der Waals surface area contributed by atoms with Crippen molar-refractivity contribution in [3.8, 4) is 0 Å². The standard InChI is InChI=1S/C16H12BrCl2N3O4/c17-10-3-1-9(2-4-10)16(25)21-7-14(24)26-8-13(23)22-15-12(19)5-11(18)6-20-15/h1-6H,7-8H2,(H,21,25)(H,20,22,23). The predicted octanol–water partition coefficient (Wildman–Crippen LogP) is 3.06. The predicted molar refractivity (Wildman–Crippen MR) is 100 cm³/mol. The second-order valence-electron chi connectivity index (χ2n) is 4.88. The summed E-state index contributed by atoms with van der Waals surface area (Å²) in [6.07, 6.45) is 1.31. The second kappa shape index (κ2) is 9.51. The third kappa shape index (κ3) is 6.29. The zero-order valence-electron chi connectivity index (χ0n) is 13.1.